The molecule has 1 fully saturated rings. The van der Waals surface area contributed by atoms with E-state index in [0.717, 1.165) is 45.9 Å². The highest BCUT2D eigenvalue weighted by Gasteiger charge is 2.27. The summed E-state index contributed by atoms with van der Waals surface area (Å²) in [7, 11) is 3.34. The molecule has 1 atom stereocenters. The Morgan fingerprint density at radius 2 is 1.89 bits per heavy atom. The fourth-order valence-electron chi connectivity index (χ4n) is 5.02. The lowest BCUT2D eigenvalue weighted by atomic mass is 10.0. The van der Waals surface area contributed by atoms with Crippen LogP contribution in [0.15, 0.2) is 53.5 Å². The van der Waals surface area contributed by atoms with E-state index in [-0.39, 0.29) is 5.69 Å². The number of carbonyl (C=O) groups excluding carboxylic acids is 1. The van der Waals surface area contributed by atoms with Crippen molar-refractivity contribution >= 4 is 39.7 Å². The third-order valence-corrected chi connectivity index (χ3v) is 7.01. The molecule has 38 heavy (non-hydrogen) atoms. The van der Waals surface area contributed by atoms with E-state index in [1.165, 1.54) is 4.90 Å². The van der Waals surface area contributed by atoms with Crippen molar-refractivity contribution in [3.05, 3.63) is 59.1 Å². The minimum absolute atomic E-state index is 0.120. The molecule has 1 saturated heterocycles. The average molecular weight is 519 g/mol. The van der Waals surface area contributed by atoms with E-state index in [2.05, 4.69) is 15.6 Å². The number of carbonyl (C=O) groups is 2. The zero-order valence-electron chi connectivity index (χ0n) is 21.3. The Labute approximate surface area is 218 Å². The van der Waals surface area contributed by atoms with E-state index < -0.39 is 18.3 Å². The quantitative estimate of drug-likeness (QED) is 0.356. The Morgan fingerprint density at radius 3 is 2.63 bits per heavy atom. The van der Waals surface area contributed by atoms with Gasteiger partial charge in [0.15, 0.2) is 0 Å². The molecule has 3 amide bonds. The number of nitrogens with zero attached hydrogens (tertiary/aromatic N) is 4. The fraction of sp³-hybridized carbons (Fsp3) is 0.333. The lowest BCUT2D eigenvalue weighted by Gasteiger charge is -2.33. The number of urea groups is 1. The summed E-state index contributed by atoms with van der Waals surface area (Å²) in [6, 6.07) is 12.9. The van der Waals surface area contributed by atoms with Gasteiger partial charge < -0.3 is 20.5 Å². The van der Waals surface area contributed by atoms with E-state index in [4.69, 9.17) is 4.74 Å². The molecule has 198 valence electrons. The van der Waals surface area contributed by atoms with E-state index in [0.29, 0.717) is 31.8 Å². The molecule has 11 nitrogen and oxygen atoms in total. The Balaban J connectivity index is 1.39. The molecule has 0 radical (unpaired) electrons. The van der Waals surface area contributed by atoms with Gasteiger partial charge in [0.25, 0.3) is 0 Å². The van der Waals surface area contributed by atoms with Crippen LogP contribution in [-0.2, 0) is 18.3 Å². The molecule has 0 bridgehead atoms. The highest BCUT2D eigenvalue weighted by molar-refractivity contribution is 6.04. The molecule has 2 aromatic heterocycles. The zero-order valence-corrected chi connectivity index (χ0v) is 21.3. The molecule has 0 saturated carbocycles. The van der Waals surface area contributed by atoms with Gasteiger partial charge in [-0.05, 0) is 54.7 Å². The summed E-state index contributed by atoms with van der Waals surface area (Å²) in [5, 5.41) is 15.8. The van der Waals surface area contributed by atoms with Crippen LogP contribution in [0.3, 0.4) is 0 Å². The highest BCUT2D eigenvalue weighted by Crippen LogP contribution is 2.29. The summed E-state index contributed by atoms with van der Waals surface area (Å²) in [6.07, 6.45) is 2.39. The number of nitrogens with one attached hydrogen (secondary N) is 2. The Hall–Kier alpha value is -4.38. The van der Waals surface area contributed by atoms with E-state index in [1.54, 1.807) is 41.6 Å². The van der Waals surface area contributed by atoms with Crippen molar-refractivity contribution in [1.82, 2.24) is 24.3 Å². The van der Waals surface area contributed by atoms with Gasteiger partial charge in [-0.15, -0.1) is 0 Å². The van der Waals surface area contributed by atoms with Crippen molar-refractivity contribution in [1.29, 1.82) is 0 Å². The number of piperidine rings is 1. The van der Waals surface area contributed by atoms with Crippen molar-refractivity contribution in [2.45, 2.75) is 32.0 Å². The lowest BCUT2D eigenvalue weighted by Crippen LogP contribution is -2.53. The lowest BCUT2D eigenvalue weighted by molar-refractivity contribution is 0.0982. The second-order valence-corrected chi connectivity index (χ2v) is 9.37. The average Bonchev–Trinajstić information content (AvgIpc) is 3.17. The summed E-state index contributed by atoms with van der Waals surface area (Å²) in [5.41, 5.74) is 4.69. The number of aryl methyl sites for hydroxylation is 1. The molecular formula is C27H30N6O5. The van der Waals surface area contributed by atoms with Crippen LogP contribution in [0, 0.1) is 0 Å². The SMILES string of the molecule is COCCn1c(=O)n(C)c2cnc3ccc(-c4ccc(NC(=O)NC5CCCCN5C(=O)O)cc4)cc3c21. The normalized spacial score (nSPS) is 15.6. The molecule has 2 aromatic carbocycles. The van der Waals surface area contributed by atoms with Crippen molar-refractivity contribution in [2.75, 3.05) is 25.6 Å². The maximum Gasteiger partial charge on any atom is 0.408 e. The fourth-order valence-corrected chi connectivity index (χ4v) is 5.02. The summed E-state index contributed by atoms with van der Waals surface area (Å²) < 4.78 is 8.53. The summed E-state index contributed by atoms with van der Waals surface area (Å²) in [5.74, 6) is 0. The minimum Gasteiger partial charge on any atom is -0.465 e. The predicted molar refractivity (Wildman–Crippen MR) is 144 cm³/mol. The number of aromatic nitrogens is 3. The number of hydrogen-bond acceptors (Lipinski definition) is 5. The Kier molecular flexibility index (Phi) is 7.01. The second kappa shape index (κ2) is 10.5. The molecule has 3 heterocycles. The van der Waals surface area contributed by atoms with Crippen LogP contribution in [0.1, 0.15) is 19.3 Å². The monoisotopic (exact) mass is 518 g/mol. The van der Waals surface area contributed by atoms with Crippen LogP contribution in [0.4, 0.5) is 15.3 Å². The largest absolute Gasteiger partial charge is 0.465 e. The van der Waals surface area contributed by atoms with Crippen LogP contribution in [0.2, 0.25) is 0 Å². The van der Waals surface area contributed by atoms with Crippen LogP contribution in [0.25, 0.3) is 33.1 Å². The number of hydrogen-bond donors (Lipinski definition) is 3. The number of carboxylic acid groups (broad SMARTS) is 1. The van der Waals surface area contributed by atoms with Gasteiger partial charge in [-0.1, -0.05) is 18.2 Å². The van der Waals surface area contributed by atoms with E-state index >= 15 is 0 Å². The second-order valence-electron chi connectivity index (χ2n) is 9.37. The van der Waals surface area contributed by atoms with Gasteiger partial charge in [-0.25, -0.2) is 14.4 Å². The highest BCUT2D eigenvalue weighted by atomic mass is 16.5. The molecule has 0 aliphatic carbocycles. The first kappa shape index (κ1) is 25.3. The van der Waals surface area contributed by atoms with E-state index in [9.17, 15) is 19.5 Å². The van der Waals surface area contributed by atoms with Crippen molar-refractivity contribution in [3.63, 3.8) is 0 Å². The molecule has 11 heteroatoms. The smallest absolute Gasteiger partial charge is 0.408 e. The number of rotatable bonds is 6. The van der Waals surface area contributed by atoms with Crippen LogP contribution < -0.4 is 16.3 Å². The van der Waals surface area contributed by atoms with Gasteiger partial charge in [0.05, 0.1) is 35.9 Å². The van der Waals surface area contributed by atoms with E-state index in [1.807, 2.05) is 30.3 Å². The number of methoxy groups -OCH3 is 1. The minimum atomic E-state index is -1.03. The first-order valence-corrected chi connectivity index (χ1v) is 12.5. The first-order chi connectivity index (χ1) is 18.4. The molecule has 3 N–H and O–H groups in total. The zero-order chi connectivity index (χ0) is 26.8. The number of anilines is 1. The van der Waals surface area contributed by atoms with Gasteiger partial charge in [-0.2, -0.15) is 0 Å². The predicted octanol–water partition coefficient (Wildman–Crippen LogP) is 3.81. The number of amides is 3. The summed E-state index contributed by atoms with van der Waals surface area (Å²) in [4.78, 5) is 42.6. The number of likely N-dealkylation sites (tertiary alicyclic amines) is 1. The Bertz CT molecular complexity index is 1560. The first-order valence-electron chi connectivity index (χ1n) is 12.5. The molecular weight excluding hydrogens is 488 g/mol. The van der Waals surface area contributed by atoms with Crippen molar-refractivity contribution in [2.24, 2.45) is 7.05 Å². The third kappa shape index (κ3) is 4.80. The molecule has 5 rings (SSSR count). The summed E-state index contributed by atoms with van der Waals surface area (Å²) >= 11 is 0. The maximum atomic E-state index is 12.9. The number of benzene rings is 2. The molecule has 1 aliphatic rings. The number of fused-ring (bicyclic) bond motifs is 3. The standard InChI is InChI=1S/C27H30N6O5/c1-31-22-16-28-21-11-8-18(15-20(21)24(22)33(26(31)35)13-14-38-2)17-6-9-19(10-7-17)29-25(34)30-23-5-3-4-12-32(23)27(36)37/h6-11,15-16,23H,3-5,12-14H2,1-2H3,(H,36,37)(H2,29,30,34). The molecule has 1 aliphatic heterocycles. The third-order valence-electron chi connectivity index (χ3n) is 7.01. The van der Waals surface area contributed by atoms with Crippen molar-refractivity contribution in [3.8, 4) is 11.1 Å². The van der Waals surface area contributed by atoms with Gasteiger partial charge in [0.2, 0.25) is 0 Å². The maximum absolute atomic E-state index is 12.9. The van der Waals surface area contributed by atoms with Crippen LogP contribution in [0.5, 0.6) is 0 Å². The number of ether oxygens (including phenoxy) is 1. The Morgan fingerprint density at radius 1 is 1.13 bits per heavy atom. The molecule has 1 unspecified atom stereocenters. The van der Waals surface area contributed by atoms with Crippen LogP contribution in [-0.4, -0.2) is 62.7 Å². The summed E-state index contributed by atoms with van der Waals surface area (Å²) in [6.45, 7) is 1.26. The number of imidazole rings is 1. The van der Waals surface area contributed by atoms with Crippen molar-refractivity contribution < 1.29 is 19.4 Å². The molecule has 4 aromatic rings. The van der Waals surface area contributed by atoms with Gasteiger partial charge in [0, 0.05) is 31.8 Å². The number of pyridine rings is 1. The van der Waals surface area contributed by atoms with Crippen LogP contribution >= 0.6 is 0 Å². The van der Waals surface area contributed by atoms with Gasteiger partial charge >= 0.3 is 17.8 Å². The molecule has 0 spiro atoms. The van der Waals surface area contributed by atoms with Gasteiger partial charge in [0.1, 0.15) is 6.17 Å². The topological polar surface area (TPSA) is 131 Å². The van der Waals surface area contributed by atoms with Gasteiger partial charge in [-0.3, -0.25) is 19.0 Å².